The molecule has 112 valence electrons. The highest BCUT2D eigenvalue weighted by Crippen LogP contribution is 2.46. The molecule has 1 heterocycles. The molecule has 2 fully saturated rings. The number of nitrogens with zero attached hydrogens (tertiary/aromatic N) is 1. The van der Waals surface area contributed by atoms with Crippen molar-refractivity contribution in [1.29, 1.82) is 0 Å². The minimum atomic E-state index is -0.949. The van der Waals surface area contributed by atoms with E-state index < -0.39 is 23.4 Å². The molecule has 0 bridgehead atoms. The highest BCUT2D eigenvalue weighted by molar-refractivity contribution is 6.22. The van der Waals surface area contributed by atoms with Gasteiger partial charge in [0.05, 0.1) is 23.2 Å². The van der Waals surface area contributed by atoms with Gasteiger partial charge in [-0.3, -0.25) is 9.59 Å². The van der Waals surface area contributed by atoms with Gasteiger partial charge in [-0.05, 0) is 24.8 Å². The third-order valence-electron chi connectivity index (χ3n) is 4.62. The van der Waals surface area contributed by atoms with Gasteiger partial charge in [-0.15, -0.1) is 0 Å². The van der Waals surface area contributed by atoms with Gasteiger partial charge in [0.15, 0.2) is 0 Å². The van der Waals surface area contributed by atoms with Gasteiger partial charge in [-0.25, -0.2) is 13.7 Å². The Kier molecular flexibility index (Phi) is 3.19. The van der Waals surface area contributed by atoms with Crippen molar-refractivity contribution < 1.29 is 18.4 Å². The van der Waals surface area contributed by atoms with Crippen LogP contribution in [-0.2, 0) is 9.59 Å². The van der Waals surface area contributed by atoms with Crippen LogP contribution in [0.3, 0.4) is 0 Å². The summed E-state index contributed by atoms with van der Waals surface area (Å²) in [6.07, 6.45) is 2.23. The van der Waals surface area contributed by atoms with Crippen LogP contribution in [0, 0.1) is 29.4 Å². The number of anilines is 2. The summed E-state index contributed by atoms with van der Waals surface area (Å²) >= 11 is 0. The van der Waals surface area contributed by atoms with Crippen molar-refractivity contribution in [3.05, 3.63) is 23.8 Å². The van der Waals surface area contributed by atoms with E-state index in [1.165, 1.54) is 0 Å². The van der Waals surface area contributed by atoms with Crippen molar-refractivity contribution in [2.24, 2.45) is 17.8 Å². The Morgan fingerprint density at radius 2 is 1.71 bits per heavy atom. The zero-order valence-corrected chi connectivity index (χ0v) is 11.6. The van der Waals surface area contributed by atoms with Crippen LogP contribution in [-0.4, -0.2) is 11.8 Å². The van der Waals surface area contributed by atoms with E-state index >= 15 is 0 Å². The van der Waals surface area contributed by atoms with E-state index in [1.807, 2.05) is 6.92 Å². The van der Waals surface area contributed by atoms with E-state index in [0.717, 1.165) is 17.4 Å². The molecule has 0 radical (unpaired) electrons. The lowest BCUT2D eigenvalue weighted by atomic mass is 10.00. The first kappa shape index (κ1) is 14.0. The first-order valence-electron chi connectivity index (χ1n) is 7.06. The van der Waals surface area contributed by atoms with Crippen LogP contribution in [0.2, 0.25) is 0 Å². The van der Waals surface area contributed by atoms with Gasteiger partial charge in [0.25, 0.3) is 0 Å². The van der Waals surface area contributed by atoms with Gasteiger partial charge in [0.1, 0.15) is 11.6 Å². The number of imide groups is 1. The van der Waals surface area contributed by atoms with E-state index in [0.29, 0.717) is 24.8 Å². The second kappa shape index (κ2) is 4.79. The summed E-state index contributed by atoms with van der Waals surface area (Å²) in [5.74, 6) is -3.05. The number of hydrogen-bond donors (Lipinski definition) is 1. The Morgan fingerprint density at radius 1 is 1.14 bits per heavy atom. The van der Waals surface area contributed by atoms with E-state index in [2.05, 4.69) is 0 Å². The van der Waals surface area contributed by atoms with Crippen molar-refractivity contribution >= 4 is 23.2 Å². The summed E-state index contributed by atoms with van der Waals surface area (Å²) in [6.45, 7) is 2.03. The monoisotopic (exact) mass is 294 g/mol. The molecule has 0 spiro atoms. The quantitative estimate of drug-likeness (QED) is 0.673. The molecule has 0 aromatic heterocycles. The lowest BCUT2D eigenvalue weighted by Gasteiger charge is -2.18. The molecule has 1 saturated heterocycles. The van der Waals surface area contributed by atoms with Gasteiger partial charge in [0, 0.05) is 6.07 Å². The maximum Gasteiger partial charge on any atom is 0.237 e. The molecule has 1 aliphatic carbocycles. The number of carbonyl (C=O) groups excluding carboxylic acids is 2. The minimum Gasteiger partial charge on any atom is -0.396 e. The summed E-state index contributed by atoms with van der Waals surface area (Å²) in [5.41, 5.74) is 4.89. The lowest BCUT2D eigenvalue weighted by molar-refractivity contribution is -0.123. The van der Waals surface area contributed by atoms with Crippen LogP contribution in [0.4, 0.5) is 20.2 Å². The minimum absolute atomic E-state index is 0.244. The fraction of sp³-hybridized carbons (Fsp3) is 0.467. The first-order chi connectivity index (χ1) is 9.93. The molecule has 1 aromatic rings. The van der Waals surface area contributed by atoms with Crippen LogP contribution in [0.25, 0.3) is 0 Å². The third kappa shape index (κ3) is 2.01. The summed E-state index contributed by atoms with van der Waals surface area (Å²) in [6, 6.07) is 1.62. The van der Waals surface area contributed by atoms with E-state index in [1.54, 1.807) is 0 Å². The normalized spacial score (nSPS) is 28.3. The standard InChI is InChI=1S/C15H16F2N2O2/c1-2-7-3-8-9(4-7)15(21)19(14(8)20)13-6-12(18)10(16)5-11(13)17/h5-9H,2-4,18H2,1H3. The molecule has 3 rings (SSSR count). The molecule has 6 heteroatoms. The Morgan fingerprint density at radius 3 is 2.24 bits per heavy atom. The van der Waals surface area contributed by atoms with Crippen molar-refractivity contribution in [2.75, 3.05) is 10.6 Å². The fourth-order valence-electron chi connectivity index (χ4n) is 3.42. The van der Waals surface area contributed by atoms with Gasteiger partial charge in [0.2, 0.25) is 11.8 Å². The number of amides is 2. The highest BCUT2D eigenvalue weighted by atomic mass is 19.1. The summed E-state index contributed by atoms with van der Waals surface area (Å²) < 4.78 is 27.1. The summed E-state index contributed by atoms with van der Waals surface area (Å²) in [5, 5.41) is 0. The average molecular weight is 294 g/mol. The molecule has 2 atom stereocenters. The van der Waals surface area contributed by atoms with Crippen LogP contribution in [0.1, 0.15) is 26.2 Å². The molecule has 1 aromatic carbocycles. The number of carbonyl (C=O) groups is 2. The second-order valence-corrected chi connectivity index (χ2v) is 5.80. The van der Waals surface area contributed by atoms with Crippen LogP contribution < -0.4 is 10.6 Å². The van der Waals surface area contributed by atoms with E-state index in [4.69, 9.17) is 5.73 Å². The molecule has 1 aliphatic heterocycles. The van der Waals surface area contributed by atoms with E-state index in [-0.39, 0.29) is 23.2 Å². The zero-order chi connectivity index (χ0) is 15.3. The Labute approximate surface area is 120 Å². The Bertz CT molecular complexity index is 608. The van der Waals surface area contributed by atoms with Crippen LogP contribution in [0.15, 0.2) is 12.1 Å². The Balaban J connectivity index is 1.97. The topological polar surface area (TPSA) is 63.4 Å². The first-order valence-corrected chi connectivity index (χ1v) is 7.06. The highest BCUT2D eigenvalue weighted by Gasteiger charge is 2.53. The average Bonchev–Trinajstić information content (AvgIpc) is 2.96. The molecule has 2 aliphatic rings. The second-order valence-electron chi connectivity index (χ2n) is 5.80. The van der Waals surface area contributed by atoms with Crippen LogP contribution in [0.5, 0.6) is 0 Å². The maximum absolute atomic E-state index is 13.9. The molecule has 2 N–H and O–H groups in total. The Hall–Kier alpha value is -1.98. The van der Waals surface area contributed by atoms with Crippen molar-refractivity contribution in [2.45, 2.75) is 26.2 Å². The molecule has 1 saturated carbocycles. The molecular weight excluding hydrogens is 278 g/mol. The van der Waals surface area contributed by atoms with Gasteiger partial charge < -0.3 is 5.73 Å². The number of benzene rings is 1. The zero-order valence-electron chi connectivity index (χ0n) is 11.6. The summed E-state index contributed by atoms with van der Waals surface area (Å²) in [7, 11) is 0. The summed E-state index contributed by atoms with van der Waals surface area (Å²) in [4.78, 5) is 25.7. The van der Waals surface area contributed by atoms with Crippen molar-refractivity contribution in [3.63, 3.8) is 0 Å². The van der Waals surface area contributed by atoms with Crippen molar-refractivity contribution in [1.82, 2.24) is 0 Å². The maximum atomic E-state index is 13.9. The smallest absolute Gasteiger partial charge is 0.237 e. The number of nitrogens with two attached hydrogens (primary N) is 1. The van der Waals surface area contributed by atoms with Gasteiger partial charge in [-0.2, -0.15) is 0 Å². The van der Waals surface area contributed by atoms with E-state index in [9.17, 15) is 18.4 Å². The predicted octanol–water partition coefficient (Wildman–Crippen LogP) is 2.47. The predicted molar refractivity (Wildman–Crippen MR) is 73.3 cm³/mol. The van der Waals surface area contributed by atoms with Crippen LogP contribution >= 0.6 is 0 Å². The van der Waals surface area contributed by atoms with Crippen molar-refractivity contribution in [3.8, 4) is 0 Å². The lowest BCUT2D eigenvalue weighted by Crippen LogP contribution is -2.33. The number of halogens is 2. The fourth-order valence-corrected chi connectivity index (χ4v) is 3.42. The third-order valence-corrected chi connectivity index (χ3v) is 4.62. The number of hydrogen-bond acceptors (Lipinski definition) is 3. The SMILES string of the molecule is CCC1CC2C(=O)N(c3cc(N)c(F)cc3F)C(=O)C2C1. The molecule has 2 amide bonds. The molecular formula is C15H16F2N2O2. The number of nitrogen functional groups attached to an aromatic ring is 1. The molecule has 2 unspecified atom stereocenters. The number of fused-ring (bicyclic) bond motifs is 1. The number of rotatable bonds is 2. The van der Waals surface area contributed by atoms with Gasteiger partial charge in [-0.1, -0.05) is 13.3 Å². The molecule has 4 nitrogen and oxygen atoms in total. The van der Waals surface area contributed by atoms with Gasteiger partial charge >= 0.3 is 0 Å². The largest absolute Gasteiger partial charge is 0.396 e. The molecule has 21 heavy (non-hydrogen) atoms.